The second-order valence-corrected chi connectivity index (χ2v) is 7.15. The van der Waals surface area contributed by atoms with Gasteiger partial charge in [0.1, 0.15) is 5.82 Å². The van der Waals surface area contributed by atoms with Crippen molar-refractivity contribution in [2.24, 2.45) is 11.8 Å². The zero-order valence-electron chi connectivity index (χ0n) is 15.1. The molecule has 1 aromatic heterocycles. The van der Waals surface area contributed by atoms with Gasteiger partial charge in [-0.25, -0.2) is 0 Å². The van der Waals surface area contributed by atoms with E-state index in [1.807, 2.05) is 0 Å². The SMILES string of the molecule is COc1cc(OC)nc(CSCCNC(=O)[C@H]2CCCC[C@@H]2C(=O)O)n1. The first kappa shape index (κ1) is 20.3. The number of carbonyl (C=O) groups is 2. The van der Waals surface area contributed by atoms with Gasteiger partial charge in [-0.3, -0.25) is 9.59 Å². The van der Waals surface area contributed by atoms with Gasteiger partial charge in [-0.05, 0) is 12.8 Å². The van der Waals surface area contributed by atoms with Crippen LogP contribution in [0.2, 0.25) is 0 Å². The first-order valence-electron chi connectivity index (χ1n) is 8.59. The molecule has 144 valence electrons. The van der Waals surface area contributed by atoms with Crippen molar-refractivity contribution < 1.29 is 24.2 Å². The zero-order chi connectivity index (χ0) is 18.9. The van der Waals surface area contributed by atoms with Crippen molar-refractivity contribution in [3.63, 3.8) is 0 Å². The van der Waals surface area contributed by atoms with Gasteiger partial charge in [0.05, 0.1) is 37.9 Å². The molecule has 9 heteroatoms. The monoisotopic (exact) mass is 383 g/mol. The summed E-state index contributed by atoms with van der Waals surface area (Å²) in [6.45, 7) is 0.480. The van der Waals surface area contributed by atoms with Crippen LogP contribution in [0.4, 0.5) is 0 Å². The number of aliphatic carboxylic acids is 1. The highest BCUT2D eigenvalue weighted by atomic mass is 32.2. The predicted octanol–water partition coefficient (Wildman–Crippen LogP) is 1.73. The molecule has 0 bridgehead atoms. The number of amides is 1. The van der Waals surface area contributed by atoms with Crippen LogP contribution in [0.25, 0.3) is 0 Å². The maximum absolute atomic E-state index is 12.3. The molecule has 26 heavy (non-hydrogen) atoms. The average Bonchev–Trinajstić information content (AvgIpc) is 2.67. The Morgan fingerprint density at radius 3 is 2.38 bits per heavy atom. The van der Waals surface area contributed by atoms with Gasteiger partial charge in [-0.2, -0.15) is 21.7 Å². The first-order chi connectivity index (χ1) is 12.5. The smallest absolute Gasteiger partial charge is 0.307 e. The van der Waals surface area contributed by atoms with E-state index in [0.717, 1.165) is 12.8 Å². The molecule has 0 spiro atoms. The molecule has 1 fully saturated rings. The number of carboxylic acids is 1. The standard InChI is InChI=1S/C17H25N3O5S/c1-24-14-9-15(25-2)20-13(19-14)10-26-8-7-18-16(21)11-5-3-4-6-12(11)17(22)23/h9,11-12H,3-8,10H2,1-2H3,(H,18,21)(H,22,23)/t11-,12-/m0/s1. The van der Waals surface area contributed by atoms with Crippen molar-refractivity contribution in [3.05, 3.63) is 11.9 Å². The molecule has 1 aliphatic carbocycles. The molecule has 2 N–H and O–H groups in total. The van der Waals surface area contributed by atoms with Crippen molar-refractivity contribution in [2.75, 3.05) is 26.5 Å². The summed E-state index contributed by atoms with van der Waals surface area (Å²) < 4.78 is 10.2. The van der Waals surface area contributed by atoms with Crippen molar-refractivity contribution >= 4 is 23.6 Å². The number of carboxylic acid groups (broad SMARTS) is 1. The Kier molecular flexibility index (Phi) is 7.96. The summed E-state index contributed by atoms with van der Waals surface area (Å²) in [6.07, 6.45) is 3.01. The molecule has 1 aromatic rings. The van der Waals surface area contributed by atoms with Crippen LogP contribution in [-0.4, -0.2) is 53.5 Å². The third-order valence-corrected chi connectivity index (χ3v) is 5.30. The maximum atomic E-state index is 12.3. The van der Waals surface area contributed by atoms with E-state index in [1.165, 1.54) is 14.2 Å². The number of thioether (sulfide) groups is 1. The van der Waals surface area contributed by atoms with Crippen molar-refractivity contribution in [1.29, 1.82) is 0 Å². The van der Waals surface area contributed by atoms with Gasteiger partial charge in [0.2, 0.25) is 17.7 Å². The molecule has 0 saturated heterocycles. The minimum absolute atomic E-state index is 0.156. The Bertz CT molecular complexity index is 606. The topological polar surface area (TPSA) is 111 Å². The second kappa shape index (κ2) is 10.2. The van der Waals surface area contributed by atoms with E-state index in [9.17, 15) is 14.7 Å². The summed E-state index contributed by atoms with van der Waals surface area (Å²) in [4.78, 5) is 32.1. The van der Waals surface area contributed by atoms with Crippen LogP contribution in [0.15, 0.2) is 6.07 Å². The minimum atomic E-state index is -0.872. The molecule has 2 rings (SSSR count). The molecule has 0 radical (unpaired) electrons. The van der Waals surface area contributed by atoms with Crippen molar-refractivity contribution in [3.8, 4) is 11.8 Å². The van der Waals surface area contributed by atoms with E-state index in [4.69, 9.17) is 9.47 Å². The maximum Gasteiger partial charge on any atom is 0.307 e. The van der Waals surface area contributed by atoms with Gasteiger partial charge < -0.3 is 19.9 Å². The number of aromatic nitrogens is 2. The molecule has 2 atom stereocenters. The highest BCUT2D eigenvalue weighted by Crippen LogP contribution is 2.30. The summed E-state index contributed by atoms with van der Waals surface area (Å²) in [5.41, 5.74) is 0. The Morgan fingerprint density at radius 2 is 1.81 bits per heavy atom. The van der Waals surface area contributed by atoms with Crippen LogP contribution in [0.3, 0.4) is 0 Å². The van der Waals surface area contributed by atoms with Crippen molar-refractivity contribution in [2.45, 2.75) is 31.4 Å². The Hall–Kier alpha value is -2.03. The third-order valence-electron chi connectivity index (χ3n) is 4.34. The number of rotatable bonds is 9. The largest absolute Gasteiger partial charge is 0.481 e. The van der Waals surface area contributed by atoms with Crippen LogP contribution in [0.5, 0.6) is 11.8 Å². The molecule has 0 aromatic carbocycles. The molecule has 0 aliphatic heterocycles. The predicted molar refractivity (Wildman–Crippen MR) is 97.4 cm³/mol. The van der Waals surface area contributed by atoms with E-state index < -0.39 is 17.8 Å². The van der Waals surface area contributed by atoms with E-state index >= 15 is 0 Å². The molecule has 1 amide bonds. The number of nitrogens with zero attached hydrogens (tertiary/aromatic N) is 2. The van der Waals surface area contributed by atoms with Gasteiger partial charge in [-0.15, -0.1) is 0 Å². The number of nitrogens with one attached hydrogen (secondary N) is 1. The fraction of sp³-hybridized carbons (Fsp3) is 0.647. The molecule has 8 nitrogen and oxygen atoms in total. The van der Waals surface area contributed by atoms with Crippen LogP contribution >= 0.6 is 11.8 Å². The lowest BCUT2D eigenvalue weighted by Crippen LogP contribution is -2.40. The lowest BCUT2D eigenvalue weighted by atomic mass is 9.79. The summed E-state index contributed by atoms with van der Waals surface area (Å²) in [6, 6.07) is 1.61. The summed E-state index contributed by atoms with van der Waals surface area (Å²) in [5, 5.41) is 12.1. The summed E-state index contributed by atoms with van der Waals surface area (Å²) in [5.74, 6) is 0.710. The van der Waals surface area contributed by atoms with Crippen LogP contribution in [-0.2, 0) is 15.3 Å². The molecular weight excluding hydrogens is 358 g/mol. The molecular formula is C17H25N3O5S. The molecule has 0 unspecified atom stereocenters. The lowest BCUT2D eigenvalue weighted by Gasteiger charge is -2.27. The van der Waals surface area contributed by atoms with Crippen molar-refractivity contribution in [1.82, 2.24) is 15.3 Å². The van der Waals surface area contributed by atoms with Gasteiger partial charge in [0.15, 0.2) is 0 Å². The average molecular weight is 383 g/mol. The summed E-state index contributed by atoms with van der Waals surface area (Å²) >= 11 is 1.57. The van der Waals surface area contributed by atoms with Gasteiger partial charge in [-0.1, -0.05) is 12.8 Å². The Balaban J connectivity index is 1.75. The molecule has 1 heterocycles. The van der Waals surface area contributed by atoms with E-state index in [0.29, 0.717) is 48.5 Å². The second-order valence-electron chi connectivity index (χ2n) is 6.05. The van der Waals surface area contributed by atoms with Crippen LogP contribution < -0.4 is 14.8 Å². The summed E-state index contributed by atoms with van der Waals surface area (Å²) in [7, 11) is 3.06. The molecule has 1 saturated carbocycles. The van der Waals surface area contributed by atoms with E-state index in [1.54, 1.807) is 17.8 Å². The van der Waals surface area contributed by atoms with E-state index in [2.05, 4.69) is 15.3 Å². The lowest BCUT2D eigenvalue weighted by molar-refractivity contribution is -0.148. The van der Waals surface area contributed by atoms with Gasteiger partial charge in [0, 0.05) is 12.3 Å². The van der Waals surface area contributed by atoms with Gasteiger partial charge >= 0.3 is 5.97 Å². The van der Waals surface area contributed by atoms with Crippen LogP contribution in [0, 0.1) is 11.8 Å². The normalized spacial score (nSPS) is 19.6. The number of carbonyl (C=O) groups excluding carboxylic acids is 1. The number of ether oxygens (including phenoxy) is 2. The highest BCUT2D eigenvalue weighted by molar-refractivity contribution is 7.98. The Labute approximate surface area is 157 Å². The molecule has 1 aliphatic rings. The number of methoxy groups -OCH3 is 2. The van der Waals surface area contributed by atoms with Crippen LogP contribution in [0.1, 0.15) is 31.5 Å². The fourth-order valence-electron chi connectivity index (χ4n) is 3.00. The number of hydrogen-bond acceptors (Lipinski definition) is 7. The number of hydrogen-bond donors (Lipinski definition) is 2. The van der Waals surface area contributed by atoms with E-state index in [-0.39, 0.29) is 5.91 Å². The first-order valence-corrected chi connectivity index (χ1v) is 9.74. The fourth-order valence-corrected chi connectivity index (χ4v) is 3.71. The Morgan fingerprint density at radius 1 is 1.19 bits per heavy atom. The quantitative estimate of drug-likeness (QED) is 0.620. The zero-order valence-corrected chi connectivity index (χ0v) is 15.9. The third kappa shape index (κ3) is 5.76. The highest BCUT2D eigenvalue weighted by Gasteiger charge is 2.35. The van der Waals surface area contributed by atoms with Gasteiger partial charge in [0.25, 0.3) is 0 Å². The minimum Gasteiger partial charge on any atom is -0.481 e.